The highest BCUT2D eigenvalue weighted by Crippen LogP contribution is 2.22. The Labute approximate surface area is 116 Å². The van der Waals surface area contributed by atoms with Crippen LogP contribution in [0.25, 0.3) is 10.4 Å². The first-order valence-electron chi connectivity index (χ1n) is 5.75. The molecule has 0 heterocycles. The molecule has 2 rings (SSSR count). The number of nitrogens with zero attached hydrogens (tertiary/aromatic N) is 3. The van der Waals surface area contributed by atoms with Gasteiger partial charge in [0.2, 0.25) is 0 Å². The third-order valence-corrected chi connectivity index (χ3v) is 2.71. The number of azide groups is 1. The first-order valence-corrected chi connectivity index (χ1v) is 6.13. The Balaban J connectivity index is 2.07. The maximum absolute atomic E-state index is 8.31. The van der Waals surface area contributed by atoms with Gasteiger partial charge in [0.1, 0.15) is 12.4 Å². The molecule has 0 bridgehead atoms. The topological polar surface area (TPSA) is 58.0 Å². The monoisotopic (exact) mass is 273 g/mol. The van der Waals surface area contributed by atoms with Crippen LogP contribution in [-0.4, -0.2) is 0 Å². The fourth-order valence-electron chi connectivity index (χ4n) is 1.65. The molecule has 0 amide bonds. The maximum Gasteiger partial charge on any atom is 0.121 e. The van der Waals surface area contributed by atoms with Crippen molar-refractivity contribution in [1.29, 1.82) is 0 Å². The first kappa shape index (κ1) is 13.3. The van der Waals surface area contributed by atoms with Crippen molar-refractivity contribution in [2.45, 2.75) is 13.2 Å². The fourth-order valence-corrected chi connectivity index (χ4v) is 1.90. The van der Waals surface area contributed by atoms with Crippen LogP contribution in [0.15, 0.2) is 53.6 Å². The molecule has 0 aliphatic heterocycles. The van der Waals surface area contributed by atoms with Gasteiger partial charge in [0, 0.05) is 9.93 Å². The lowest BCUT2D eigenvalue weighted by Crippen LogP contribution is -1.95. The summed E-state index contributed by atoms with van der Waals surface area (Å²) in [5, 5.41) is 4.07. The van der Waals surface area contributed by atoms with Crippen molar-refractivity contribution in [3.05, 3.63) is 75.1 Å². The molecule has 19 heavy (non-hydrogen) atoms. The van der Waals surface area contributed by atoms with Crippen LogP contribution in [0.3, 0.4) is 0 Å². The molecule has 96 valence electrons. The van der Waals surface area contributed by atoms with Gasteiger partial charge < -0.3 is 4.74 Å². The van der Waals surface area contributed by atoms with Gasteiger partial charge in [-0.05, 0) is 34.9 Å². The molecule has 0 N–H and O–H groups in total. The van der Waals surface area contributed by atoms with Gasteiger partial charge in [-0.25, -0.2) is 0 Å². The van der Waals surface area contributed by atoms with Crippen molar-refractivity contribution < 1.29 is 4.74 Å². The summed E-state index contributed by atoms with van der Waals surface area (Å²) in [5.74, 6) is 0.666. The molecule has 0 aliphatic rings. The lowest BCUT2D eigenvalue weighted by atomic mass is 10.2. The van der Waals surface area contributed by atoms with Crippen molar-refractivity contribution >= 4 is 11.6 Å². The Hall–Kier alpha value is -2.16. The number of hydrogen-bond donors (Lipinski definition) is 0. The van der Waals surface area contributed by atoms with E-state index in [4.69, 9.17) is 21.9 Å². The molecule has 0 saturated heterocycles. The number of benzene rings is 2. The van der Waals surface area contributed by atoms with E-state index in [9.17, 15) is 0 Å². The standard InChI is InChI=1S/C14H12ClN3O/c15-13-6-12(9-17-18-16)7-14(8-13)19-10-11-4-2-1-3-5-11/h1-8H,9-10H2. The second-order valence-electron chi connectivity index (χ2n) is 3.96. The lowest BCUT2D eigenvalue weighted by Gasteiger charge is -2.08. The maximum atomic E-state index is 8.31. The molecule has 0 aromatic heterocycles. The van der Waals surface area contributed by atoms with Crippen LogP contribution in [0.4, 0.5) is 0 Å². The molecule has 2 aromatic carbocycles. The Morgan fingerprint density at radius 1 is 1.11 bits per heavy atom. The van der Waals surface area contributed by atoms with Crippen LogP contribution in [0.2, 0.25) is 5.02 Å². The summed E-state index contributed by atoms with van der Waals surface area (Å²) in [7, 11) is 0. The van der Waals surface area contributed by atoms with E-state index in [2.05, 4.69) is 10.0 Å². The molecule has 0 fully saturated rings. The Morgan fingerprint density at radius 2 is 1.89 bits per heavy atom. The molecule has 2 aromatic rings. The average molecular weight is 274 g/mol. The Kier molecular flexibility index (Phi) is 4.67. The summed E-state index contributed by atoms with van der Waals surface area (Å²) in [4.78, 5) is 2.72. The molecule has 0 radical (unpaired) electrons. The van der Waals surface area contributed by atoms with Gasteiger partial charge in [-0.15, -0.1) is 0 Å². The molecule has 5 heteroatoms. The van der Waals surface area contributed by atoms with E-state index < -0.39 is 0 Å². The van der Waals surface area contributed by atoms with E-state index in [1.807, 2.05) is 36.4 Å². The van der Waals surface area contributed by atoms with Crippen molar-refractivity contribution in [3.8, 4) is 5.75 Å². The minimum absolute atomic E-state index is 0.263. The van der Waals surface area contributed by atoms with Crippen molar-refractivity contribution in [2.24, 2.45) is 5.11 Å². The highest BCUT2D eigenvalue weighted by Gasteiger charge is 2.01. The zero-order valence-electron chi connectivity index (χ0n) is 10.2. The van der Waals surface area contributed by atoms with E-state index in [-0.39, 0.29) is 6.54 Å². The molecular formula is C14H12ClN3O. The number of rotatable bonds is 5. The van der Waals surface area contributed by atoms with E-state index >= 15 is 0 Å². The van der Waals surface area contributed by atoms with Crippen molar-refractivity contribution in [1.82, 2.24) is 0 Å². The van der Waals surface area contributed by atoms with Crippen LogP contribution in [-0.2, 0) is 13.2 Å². The second kappa shape index (κ2) is 6.69. The molecular weight excluding hydrogens is 262 g/mol. The molecule has 0 aliphatic carbocycles. The number of ether oxygens (including phenoxy) is 1. The normalized spacial score (nSPS) is 9.74. The third-order valence-electron chi connectivity index (χ3n) is 2.50. The van der Waals surface area contributed by atoms with Gasteiger partial charge in [-0.1, -0.05) is 47.0 Å². The summed E-state index contributed by atoms with van der Waals surface area (Å²) >= 11 is 6.00. The average Bonchev–Trinajstić information content (AvgIpc) is 2.43. The van der Waals surface area contributed by atoms with E-state index in [0.717, 1.165) is 11.1 Å². The van der Waals surface area contributed by atoms with Gasteiger partial charge in [0.15, 0.2) is 0 Å². The number of hydrogen-bond acceptors (Lipinski definition) is 2. The largest absolute Gasteiger partial charge is 0.489 e. The van der Waals surface area contributed by atoms with Gasteiger partial charge in [0.05, 0.1) is 6.54 Å². The van der Waals surface area contributed by atoms with Gasteiger partial charge in [-0.2, -0.15) is 0 Å². The predicted molar refractivity (Wildman–Crippen MR) is 75.1 cm³/mol. The summed E-state index contributed by atoms with van der Waals surface area (Å²) in [6, 6.07) is 15.2. The van der Waals surface area contributed by atoms with Gasteiger partial charge in [-0.3, -0.25) is 0 Å². The zero-order valence-corrected chi connectivity index (χ0v) is 10.9. The Bertz CT molecular complexity index is 595. The zero-order chi connectivity index (χ0) is 13.5. The molecule has 0 saturated carbocycles. The second-order valence-corrected chi connectivity index (χ2v) is 4.39. The fraction of sp³-hybridized carbons (Fsp3) is 0.143. The summed E-state index contributed by atoms with van der Waals surface area (Å²) in [6.07, 6.45) is 0. The molecule has 4 nitrogen and oxygen atoms in total. The van der Waals surface area contributed by atoms with E-state index in [1.54, 1.807) is 12.1 Å². The van der Waals surface area contributed by atoms with Gasteiger partial charge in [0.25, 0.3) is 0 Å². The van der Waals surface area contributed by atoms with E-state index in [0.29, 0.717) is 17.4 Å². The van der Waals surface area contributed by atoms with Crippen molar-refractivity contribution in [3.63, 3.8) is 0 Å². The third kappa shape index (κ3) is 4.21. The summed E-state index contributed by atoms with van der Waals surface area (Å²) < 4.78 is 5.67. The van der Waals surface area contributed by atoms with Crippen LogP contribution < -0.4 is 4.74 Å². The minimum Gasteiger partial charge on any atom is -0.489 e. The summed E-state index contributed by atoms with van der Waals surface area (Å²) in [6.45, 7) is 0.737. The lowest BCUT2D eigenvalue weighted by molar-refractivity contribution is 0.306. The van der Waals surface area contributed by atoms with Crippen molar-refractivity contribution in [2.75, 3.05) is 0 Å². The SMILES string of the molecule is [N-]=[N+]=NCc1cc(Cl)cc(OCc2ccccc2)c1. The summed E-state index contributed by atoms with van der Waals surface area (Å²) in [5.41, 5.74) is 10.2. The smallest absolute Gasteiger partial charge is 0.121 e. The first-order chi connectivity index (χ1) is 9.28. The number of halogens is 1. The highest BCUT2D eigenvalue weighted by atomic mass is 35.5. The van der Waals surface area contributed by atoms with Crippen LogP contribution in [0.1, 0.15) is 11.1 Å². The highest BCUT2D eigenvalue weighted by molar-refractivity contribution is 6.30. The van der Waals surface area contributed by atoms with E-state index in [1.165, 1.54) is 0 Å². The Morgan fingerprint density at radius 3 is 2.63 bits per heavy atom. The quantitative estimate of drug-likeness (QED) is 0.441. The molecule has 0 unspecified atom stereocenters. The van der Waals surface area contributed by atoms with Gasteiger partial charge >= 0.3 is 0 Å². The predicted octanol–water partition coefficient (Wildman–Crippen LogP) is 4.73. The molecule has 0 atom stereocenters. The molecule has 0 spiro atoms. The minimum atomic E-state index is 0.263. The van der Waals surface area contributed by atoms with Crippen LogP contribution in [0, 0.1) is 0 Å². The van der Waals surface area contributed by atoms with Crippen LogP contribution in [0.5, 0.6) is 5.75 Å². The van der Waals surface area contributed by atoms with Crippen LogP contribution >= 0.6 is 11.6 Å².